The molecule has 1 fully saturated rings. The van der Waals surface area contributed by atoms with E-state index in [1.54, 1.807) is 18.2 Å². The number of fused-ring (bicyclic) bond motifs is 1. The first-order valence-electron chi connectivity index (χ1n) is 11.2. The molecule has 1 saturated heterocycles. The summed E-state index contributed by atoms with van der Waals surface area (Å²) in [4.78, 5) is 20.3. The largest absolute Gasteiger partial charge is 0.364 e. The zero-order valence-electron chi connectivity index (χ0n) is 19.8. The lowest BCUT2D eigenvalue weighted by Gasteiger charge is -2.50. The number of nitrogens with zero attached hydrogens (tertiary/aromatic N) is 2. The van der Waals surface area contributed by atoms with Crippen LogP contribution in [0.3, 0.4) is 0 Å². The molecule has 0 radical (unpaired) electrons. The number of thioether (sulfide) groups is 1. The number of benzene rings is 2. The predicted octanol–water partition coefficient (Wildman–Crippen LogP) is 7.69. The summed E-state index contributed by atoms with van der Waals surface area (Å²) in [6.45, 7) is 13.5. The third kappa shape index (κ3) is 4.68. The van der Waals surface area contributed by atoms with Gasteiger partial charge in [0.2, 0.25) is 0 Å². The van der Waals surface area contributed by atoms with Crippen molar-refractivity contribution < 1.29 is 4.79 Å². The number of carbonyl (C=O) groups excluding carboxylic acids is 1. The summed E-state index contributed by atoms with van der Waals surface area (Å²) in [6, 6.07) is 10.2. The van der Waals surface area contributed by atoms with Crippen molar-refractivity contribution in [1.82, 2.24) is 5.32 Å². The highest BCUT2D eigenvalue weighted by Gasteiger charge is 2.38. The molecule has 0 saturated carbocycles. The highest BCUT2D eigenvalue weighted by atomic mass is 35.5. The van der Waals surface area contributed by atoms with E-state index >= 15 is 0 Å². The number of aryl methyl sites for hydroxylation is 1. The van der Waals surface area contributed by atoms with Crippen molar-refractivity contribution in [2.75, 3.05) is 4.90 Å². The standard InChI is InChI=1S/C26H29Cl2N3OS/c1-14(2)31-21-10-15(3)17(11-18(21)16(4)13-26(31,5)6)12-22-24(32)30-25(33-22)29-20-9-7-8-19(27)23(20)28/h7-12,14,16H,13H2,1-6H3,(H,29,30,32)/b22-12-/t16-/m0/s1. The minimum atomic E-state index is -0.160. The van der Waals surface area contributed by atoms with Gasteiger partial charge < -0.3 is 10.2 Å². The number of amides is 1. The van der Waals surface area contributed by atoms with E-state index in [9.17, 15) is 4.79 Å². The van der Waals surface area contributed by atoms with Crippen LogP contribution in [0.2, 0.25) is 10.0 Å². The Morgan fingerprint density at radius 1 is 1.27 bits per heavy atom. The zero-order chi connectivity index (χ0) is 24.1. The Morgan fingerprint density at radius 3 is 2.70 bits per heavy atom. The summed E-state index contributed by atoms with van der Waals surface area (Å²) in [6.07, 6.45) is 3.05. The smallest absolute Gasteiger partial charge is 0.264 e. The maximum atomic E-state index is 12.7. The van der Waals surface area contributed by atoms with Gasteiger partial charge >= 0.3 is 0 Å². The topological polar surface area (TPSA) is 44.7 Å². The van der Waals surface area contributed by atoms with E-state index in [1.165, 1.54) is 23.0 Å². The molecule has 33 heavy (non-hydrogen) atoms. The van der Waals surface area contributed by atoms with Gasteiger partial charge in [-0.1, -0.05) is 36.2 Å². The second kappa shape index (κ2) is 9.01. The Bertz CT molecular complexity index is 1190. The first-order chi connectivity index (χ1) is 15.5. The van der Waals surface area contributed by atoms with Crippen molar-refractivity contribution in [2.45, 2.75) is 65.5 Å². The van der Waals surface area contributed by atoms with Gasteiger partial charge in [0.25, 0.3) is 5.91 Å². The molecule has 4 rings (SSSR count). The average molecular weight is 503 g/mol. The third-order valence-corrected chi connectivity index (χ3v) is 7.99. The van der Waals surface area contributed by atoms with Crippen molar-refractivity contribution in [3.63, 3.8) is 0 Å². The number of carbonyl (C=O) groups is 1. The van der Waals surface area contributed by atoms with E-state index in [-0.39, 0.29) is 11.4 Å². The quantitative estimate of drug-likeness (QED) is 0.438. The van der Waals surface area contributed by atoms with Gasteiger partial charge in [-0.2, -0.15) is 0 Å². The second-order valence-electron chi connectivity index (χ2n) is 9.70. The van der Waals surface area contributed by atoms with Crippen molar-refractivity contribution in [3.8, 4) is 0 Å². The lowest BCUT2D eigenvalue weighted by Crippen LogP contribution is -2.51. The van der Waals surface area contributed by atoms with Crippen molar-refractivity contribution in [2.24, 2.45) is 4.99 Å². The normalized spacial score (nSPS) is 22.3. The van der Waals surface area contributed by atoms with Crippen LogP contribution < -0.4 is 10.2 Å². The van der Waals surface area contributed by atoms with Crippen LogP contribution in [0.5, 0.6) is 0 Å². The highest BCUT2D eigenvalue weighted by Crippen LogP contribution is 2.46. The number of nitrogens with one attached hydrogen (secondary N) is 1. The Hall–Kier alpha value is -1.95. The number of hydrogen-bond acceptors (Lipinski definition) is 4. The van der Waals surface area contributed by atoms with Crippen LogP contribution in [-0.4, -0.2) is 22.7 Å². The molecule has 2 aliphatic heterocycles. The summed E-state index contributed by atoms with van der Waals surface area (Å²) in [5.41, 5.74) is 5.47. The fourth-order valence-corrected chi connectivity index (χ4v) is 6.22. The highest BCUT2D eigenvalue weighted by molar-refractivity contribution is 8.18. The van der Waals surface area contributed by atoms with Crippen molar-refractivity contribution in [1.29, 1.82) is 0 Å². The number of anilines is 1. The number of rotatable bonds is 3. The van der Waals surface area contributed by atoms with E-state index in [0.29, 0.717) is 37.8 Å². The van der Waals surface area contributed by atoms with Crippen LogP contribution in [0.1, 0.15) is 63.6 Å². The summed E-state index contributed by atoms with van der Waals surface area (Å²) in [5.74, 6) is 0.280. The van der Waals surface area contributed by atoms with Crippen LogP contribution in [-0.2, 0) is 4.79 Å². The Balaban J connectivity index is 1.69. The van der Waals surface area contributed by atoms with Crippen LogP contribution >= 0.6 is 35.0 Å². The van der Waals surface area contributed by atoms with Gasteiger partial charge in [-0.25, -0.2) is 4.99 Å². The lowest BCUT2D eigenvalue weighted by molar-refractivity contribution is -0.115. The molecule has 0 aliphatic carbocycles. The van der Waals surface area contributed by atoms with E-state index in [1.807, 2.05) is 6.08 Å². The fourth-order valence-electron chi connectivity index (χ4n) is 5.06. The van der Waals surface area contributed by atoms with Gasteiger partial charge in [-0.15, -0.1) is 0 Å². The van der Waals surface area contributed by atoms with E-state index < -0.39 is 0 Å². The minimum absolute atomic E-state index is 0.0984. The Kier molecular flexibility index (Phi) is 6.60. The molecule has 2 aromatic carbocycles. The molecular weight excluding hydrogens is 473 g/mol. The molecule has 4 nitrogen and oxygen atoms in total. The summed E-state index contributed by atoms with van der Waals surface area (Å²) in [7, 11) is 0. The minimum Gasteiger partial charge on any atom is -0.364 e. The molecular formula is C26H29Cl2N3OS. The molecule has 2 aromatic rings. The summed E-state index contributed by atoms with van der Waals surface area (Å²) in [5, 5.41) is 4.13. The first kappa shape index (κ1) is 24.2. The number of halogens is 2. The van der Waals surface area contributed by atoms with Crippen LogP contribution in [0.4, 0.5) is 11.4 Å². The number of amidine groups is 1. The lowest BCUT2D eigenvalue weighted by atomic mass is 9.78. The molecule has 1 atom stereocenters. The Morgan fingerprint density at radius 2 is 2.00 bits per heavy atom. The SMILES string of the molecule is Cc1cc2c(cc1/C=C1\SC(=Nc3cccc(Cl)c3Cl)NC1=O)[C@@H](C)CC(C)(C)N2C(C)C. The van der Waals surface area contributed by atoms with Crippen molar-refractivity contribution >= 4 is 63.5 Å². The third-order valence-electron chi connectivity index (χ3n) is 6.27. The van der Waals surface area contributed by atoms with Crippen LogP contribution in [0, 0.1) is 6.92 Å². The van der Waals surface area contributed by atoms with Gasteiger partial charge in [0.1, 0.15) is 0 Å². The fraction of sp³-hybridized carbons (Fsp3) is 0.385. The van der Waals surface area contributed by atoms with Gasteiger partial charge in [-0.3, -0.25) is 4.79 Å². The summed E-state index contributed by atoms with van der Waals surface area (Å²) >= 11 is 13.7. The Labute approximate surface area is 210 Å². The average Bonchev–Trinajstić information content (AvgIpc) is 3.04. The molecule has 1 N–H and O–H groups in total. The maximum absolute atomic E-state index is 12.7. The molecule has 174 valence electrons. The van der Waals surface area contributed by atoms with Gasteiger partial charge in [0.15, 0.2) is 5.17 Å². The first-order valence-corrected chi connectivity index (χ1v) is 12.7. The van der Waals surface area contributed by atoms with Gasteiger partial charge in [0, 0.05) is 17.3 Å². The van der Waals surface area contributed by atoms with E-state index in [2.05, 4.69) is 68.9 Å². The van der Waals surface area contributed by atoms with E-state index in [0.717, 1.165) is 17.5 Å². The predicted molar refractivity (Wildman–Crippen MR) is 143 cm³/mol. The van der Waals surface area contributed by atoms with Crippen molar-refractivity contribution in [3.05, 3.63) is 62.0 Å². The molecule has 0 bridgehead atoms. The van der Waals surface area contributed by atoms with Gasteiger partial charge in [-0.05, 0) is 106 Å². The molecule has 2 aliphatic rings. The zero-order valence-corrected chi connectivity index (χ0v) is 22.1. The van der Waals surface area contributed by atoms with Crippen LogP contribution in [0.25, 0.3) is 6.08 Å². The van der Waals surface area contributed by atoms with Gasteiger partial charge in [0.05, 0.1) is 20.6 Å². The van der Waals surface area contributed by atoms with E-state index in [4.69, 9.17) is 23.2 Å². The monoisotopic (exact) mass is 501 g/mol. The second-order valence-corrected chi connectivity index (χ2v) is 11.5. The number of aliphatic imine (C=N–C) groups is 1. The molecule has 0 spiro atoms. The maximum Gasteiger partial charge on any atom is 0.264 e. The van der Waals surface area contributed by atoms with Crippen LogP contribution in [0.15, 0.2) is 40.2 Å². The number of hydrogen-bond donors (Lipinski definition) is 1. The molecule has 0 aromatic heterocycles. The molecule has 1 amide bonds. The molecule has 2 heterocycles. The molecule has 7 heteroatoms. The summed E-state index contributed by atoms with van der Waals surface area (Å²) < 4.78 is 0. The molecule has 0 unspecified atom stereocenters.